The van der Waals surface area contributed by atoms with Crippen molar-refractivity contribution in [2.45, 2.75) is 13.5 Å². The molecule has 0 aliphatic rings. The van der Waals surface area contributed by atoms with Gasteiger partial charge in [-0.25, -0.2) is 4.98 Å². The fourth-order valence-electron chi connectivity index (χ4n) is 2.16. The summed E-state index contributed by atoms with van der Waals surface area (Å²) < 4.78 is 5.17. The topological polar surface area (TPSA) is 67.2 Å². The van der Waals surface area contributed by atoms with Crippen molar-refractivity contribution < 1.29 is 9.21 Å². The van der Waals surface area contributed by atoms with Gasteiger partial charge in [0.25, 0.3) is 5.91 Å². The Morgan fingerprint density at radius 3 is 2.83 bits per heavy atom. The monoisotopic (exact) mass is 341 g/mol. The number of aromatic nitrogens is 1. The molecule has 1 aromatic carbocycles. The number of furan rings is 1. The molecule has 0 fully saturated rings. The minimum atomic E-state index is -0.253. The van der Waals surface area contributed by atoms with Crippen molar-refractivity contribution in [2.24, 2.45) is 0 Å². The predicted molar refractivity (Wildman–Crippen MR) is 93.6 cm³/mol. The summed E-state index contributed by atoms with van der Waals surface area (Å²) in [7, 11) is 0. The van der Waals surface area contributed by atoms with E-state index in [-0.39, 0.29) is 5.91 Å². The summed E-state index contributed by atoms with van der Waals surface area (Å²) in [5, 5.41) is 6.65. The van der Waals surface area contributed by atoms with Gasteiger partial charge < -0.3 is 15.1 Å². The molecule has 6 heteroatoms. The van der Waals surface area contributed by atoms with Gasteiger partial charge in [-0.05, 0) is 48.9 Å². The molecule has 0 aliphatic carbocycles. The van der Waals surface area contributed by atoms with Crippen molar-refractivity contribution in [3.63, 3.8) is 0 Å². The number of nitrogens with one attached hydrogen (secondary N) is 2. The molecule has 0 spiro atoms. The zero-order valence-corrected chi connectivity index (χ0v) is 13.8. The summed E-state index contributed by atoms with van der Waals surface area (Å²) in [4.78, 5) is 16.2. The van der Waals surface area contributed by atoms with E-state index in [0.717, 1.165) is 16.9 Å². The second-order valence-corrected chi connectivity index (χ2v) is 5.71. The maximum absolute atomic E-state index is 12.1. The average molecular weight is 342 g/mol. The van der Waals surface area contributed by atoms with Gasteiger partial charge in [-0.3, -0.25) is 4.79 Å². The number of amides is 1. The lowest BCUT2D eigenvalue weighted by atomic mass is 10.2. The maximum atomic E-state index is 12.1. The molecule has 0 atom stereocenters. The van der Waals surface area contributed by atoms with Crippen LogP contribution in [-0.2, 0) is 6.54 Å². The number of carbonyl (C=O) groups excluding carboxylic acids is 1. The Kier molecular flexibility index (Phi) is 4.82. The van der Waals surface area contributed by atoms with E-state index in [1.807, 2.05) is 25.1 Å². The van der Waals surface area contributed by atoms with Gasteiger partial charge in [0.2, 0.25) is 0 Å². The second-order valence-electron chi connectivity index (χ2n) is 5.28. The second kappa shape index (κ2) is 7.19. The number of carbonyl (C=O) groups is 1. The van der Waals surface area contributed by atoms with Crippen LogP contribution in [0.1, 0.15) is 21.8 Å². The van der Waals surface area contributed by atoms with E-state index in [4.69, 9.17) is 16.0 Å². The number of pyridine rings is 1. The van der Waals surface area contributed by atoms with Gasteiger partial charge in [0.15, 0.2) is 0 Å². The van der Waals surface area contributed by atoms with Gasteiger partial charge in [0.1, 0.15) is 11.5 Å². The number of hydrogen-bond donors (Lipinski definition) is 2. The number of nitrogens with zero attached hydrogens (tertiary/aromatic N) is 1. The summed E-state index contributed by atoms with van der Waals surface area (Å²) >= 11 is 6.01. The van der Waals surface area contributed by atoms with Gasteiger partial charge in [0, 0.05) is 10.7 Å². The van der Waals surface area contributed by atoms with E-state index in [9.17, 15) is 4.79 Å². The van der Waals surface area contributed by atoms with Crippen molar-refractivity contribution in [1.82, 2.24) is 10.3 Å². The van der Waals surface area contributed by atoms with E-state index in [1.165, 1.54) is 0 Å². The van der Waals surface area contributed by atoms with E-state index in [0.29, 0.717) is 23.0 Å². The molecule has 0 saturated heterocycles. The third-order valence-corrected chi connectivity index (χ3v) is 3.71. The third kappa shape index (κ3) is 3.94. The number of hydrogen-bond acceptors (Lipinski definition) is 4. The molecule has 3 rings (SSSR count). The lowest BCUT2D eigenvalue weighted by Crippen LogP contribution is -2.23. The van der Waals surface area contributed by atoms with Gasteiger partial charge >= 0.3 is 0 Å². The van der Waals surface area contributed by atoms with Gasteiger partial charge in [-0.1, -0.05) is 17.7 Å². The van der Waals surface area contributed by atoms with E-state index in [2.05, 4.69) is 15.6 Å². The van der Waals surface area contributed by atoms with Crippen molar-refractivity contribution in [3.8, 4) is 0 Å². The molecule has 24 heavy (non-hydrogen) atoms. The lowest BCUT2D eigenvalue weighted by molar-refractivity contribution is 0.0943. The Morgan fingerprint density at radius 1 is 1.25 bits per heavy atom. The van der Waals surface area contributed by atoms with Crippen LogP contribution in [0.25, 0.3) is 0 Å². The Morgan fingerprint density at radius 2 is 2.12 bits per heavy atom. The predicted octanol–water partition coefficient (Wildman–Crippen LogP) is 4.31. The highest BCUT2D eigenvalue weighted by atomic mass is 35.5. The first-order valence-electron chi connectivity index (χ1n) is 7.41. The smallest absolute Gasteiger partial charge is 0.270 e. The molecule has 122 valence electrons. The van der Waals surface area contributed by atoms with Crippen molar-refractivity contribution in [1.29, 1.82) is 0 Å². The third-order valence-electron chi connectivity index (χ3n) is 3.48. The highest BCUT2D eigenvalue weighted by Crippen LogP contribution is 2.23. The van der Waals surface area contributed by atoms with Crippen molar-refractivity contribution in [2.75, 3.05) is 5.32 Å². The number of rotatable bonds is 5. The molecule has 0 bridgehead atoms. The molecular weight excluding hydrogens is 326 g/mol. The molecule has 2 heterocycles. The first kappa shape index (κ1) is 16.1. The van der Waals surface area contributed by atoms with Crippen molar-refractivity contribution in [3.05, 3.63) is 77.0 Å². The quantitative estimate of drug-likeness (QED) is 0.725. The first-order valence-corrected chi connectivity index (χ1v) is 7.79. The number of anilines is 2. The maximum Gasteiger partial charge on any atom is 0.270 e. The standard InChI is InChI=1S/C18H16ClN3O2/c1-12-4-5-13(19)9-17(12)22-14-6-7-16(20-10-14)18(23)21-11-15-3-2-8-24-15/h2-10,22H,11H2,1H3,(H,21,23). The fraction of sp³-hybridized carbons (Fsp3) is 0.111. The zero-order chi connectivity index (χ0) is 16.9. The lowest BCUT2D eigenvalue weighted by Gasteiger charge is -2.10. The Bertz CT molecular complexity index is 830. The molecule has 2 N–H and O–H groups in total. The SMILES string of the molecule is Cc1ccc(Cl)cc1Nc1ccc(C(=O)NCc2ccco2)nc1. The minimum Gasteiger partial charge on any atom is -0.467 e. The van der Waals surface area contributed by atoms with Crippen LogP contribution in [-0.4, -0.2) is 10.9 Å². The summed E-state index contributed by atoms with van der Waals surface area (Å²) in [5.41, 5.74) is 3.09. The Balaban J connectivity index is 1.64. The van der Waals surface area contributed by atoms with Crippen LogP contribution >= 0.6 is 11.6 Å². The van der Waals surface area contributed by atoms with Gasteiger partial charge in [-0.2, -0.15) is 0 Å². The summed E-state index contributed by atoms with van der Waals surface area (Å²) in [6.45, 7) is 2.32. The normalized spacial score (nSPS) is 10.4. The van der Waals surface area contributed by atoms with Crippen LogP contribution in [0.4, 0.5) is 11.4 Å². The molecule has 0 saturated carbocycles. The largest absolute Gasteiger partial charge is 0.467 e. The molecule has 0 radical (unpaired) electrons. The van der Waals surface area contributed by atoms with Gasteiger partial charge in [0.05, 0.1) is 24.7 Å². The minimum absolute atomic E-state index is 0.253. The summed E-state index contributed by atoms with van der Waals surface area (Å²) in [5.74, 6) is 0.440. The average Bonchev–Trinajstić information content (AvgIpc) is 3.10. The number of halogens is 1. The zero-order valence-electron chi connectivity index (χ0n) is 13.0. The molecule has 3 aromatic rings. The highest BCUT2D eigenvalue weighted by Gasteiger charge is 2.08. The van der Waals surface area contributed by atoms with Crippen LogP contribution in [0.15, 0.2) is 59.3 Å². The Hall–Kier alpha value is -2.79. The highest BCUT2D eigenvalue weighted by molar-refractivity contribution is 6.30. The van der Waals surface area contributed by atoms with Crippen molar-refractivity contribution >= 4 is 28.9 Å². The number of benzene rings is 1. The van der Waals surface area contributed by atoms with E-state index < -0.39 is 0 Å². The molecule has 0 aliphatic heterocycles. The molecular formula is C18H16ClN3O2. The summed E-state index contributed by atoms with van der Waals surface area (Å²) in [6, 6.07) is 12.7. The summed E-state index contributed by atoms with van der Waals surface area (Å²) in [6.07, 6.45) is 3.18. The van der Waals surface area contributed by atoms with Crippen LogP contribution in [0, 0.1) is 6.92 Å². The van der Waals surface area contributed by atoms with Crippen LogP contribution in [0.2, 0.25) is 5.02 Å². The van der Waals surface area contributed by atoms with Crippen LogP contribution < -0.4 is 10.6 Å². The number of aryl methyl sites for hydroxylation is 1. The molecule has 2 aromatic heterocycles. The molecule has 0 unspecified atom stereocenters. The van der Waals surface area contributed by atoms with Gasteiger partial charge in [-0.15, -0.1) is 0 Å². The van der Waals surface area contributed by atoms with E-state index >= 15 is 0 Å². The fourth-order valence-corrected chi connectivity index (χ4v) is 2.33. The molecule has 5 nitrogen and oxygen atoms in total. The van der Waals surface area contributed by atoms with Crippen LogP contribution in [0.5, 0.6) is 0 Å². The first-order chi connectivity index (χ1) is 11.6. The van der Waals surface area contributed by atoms with E-state index in [1.54, 1.807) is 36.7 Å². The molecule has 1 amide bonds. The Labute approximate surface area is 144 Å². The van der Waals surface area contributed by atoms with Crippen LogP contribution in [0.3, 0.4) is 0 Å².